The van der Waals surface area contributed by atoms with Gasteiger partial charge in [-0.25, -0.2) is 0 Å². The van der Waals surface area contributed by atoms with Crippen LogP contribution in [0.3, 0.4) is 0 Å². The molecule has 0 amide bonds. The highest BCUT2D eigenvalue weighted by Gasteiger charge is 2.19. The van der Waals surface area contributed by atoms with Crippen LogP contribution in [0.25, 0.3) is 0 Å². The van der Waals surface area contributed by atoms with Crippen LogP contribution < -0.4 is 5.32 Å². The Bertz CT molecular complexity index is 218. The van der Waals surface area contributed by atoms with E-state index in [9.17, 15) is 4.79 Å². The Kier molecular flexibility index (Phi) is 7.25. The number of carbonyl (C=O) groups excluding carboxylic acids is 1. The number of ether oxygens (including phenoxy) is 1. The van der Waals surface area contributed by atoms with E-state index >= 15 is 0 Å². The molecule has 0 spiro atoms. The topological polar surface area (TPSA) is 38.3 Å². The lowest BCUT2D eigenvalue weighted by Gasteiger charge is -2.11. The van der Waals surface area contributed by atoms with E-state index in [2.05, 4.69) is 12.2 Å². The first-order chi connectivity index (χ1) is 8.22. The van der Waals surface area contributed by atoms with Gasteiger partial charge in [0.15, 0.2) is 0 Å². The molecule has 0 aromatic heterocycles. The summed E-state index contributed by atoms with van der Waals surface area (Å²) in [6.45, 7) is 5.78. The van der Waals surface area contributed by atoms with Gasteiger partial charge in [-0.3, -0.25) is 4.79 Å². The average Bonchev–Trinajstić information content (AvgIpc) is 2.70. The minimum absolute atomic E-state index is 0.0509. The van der Waals surface area contributed by atoms with Crippen LogP contribution in [0.5, 0.6) is 0 Å². The predicted molar refractivity (Wildman–Crippen MR) is 69.9 cm³/mol. The van der Waals surface area contributed by atoms with Crippen molar-refractivity contribution in [2.24, 2.45) is 5.92 Å². The quantitative estimate of drug-likeness (QED) is 0.524. The maximum Gasteiger partial charge on any atom is 0.305 e. The second-order valence-electron chi connectivity index (χ2n) is 5.18. The Hall–Kier alpha value is -0.570. The Labute approximate surface area is 105 Å². The summed E-state index contributed by atoms with van der Waals surface area (Å²) in [5.41, 5.74) is 0. The van der Waals surface area contributed by atoms with Crippen molar-refractivity contribution in [2.45, 2.75) is 64.8 Å². The highest BCUT2D eigenvalue weighted by molar-refractivity contribution is 5.69. The molecule has 0 aromatic rings. The van der Waals surface area contributed by atoms with Gasteiger partial charge >= 0.3 is 5.97 Å². The van der Waals surface area contributed by atoms with E-state index in [0.717, 1.165) is 31.3 Å². The molecule has 1 rings (SSSR count). The summed E-state index contributed by atoms with van der Waals surface area (Å²) in [7, 11) is 0. The van der Waals surface area contributed by atoms with E-state index < -0.39 is 0 Å². The van der Waals surface area contributed by atoms with Gasteiger partial charge in [-0.2, -0.15) is 0 Å². The zero-order valence-corrected chi connectivity index (χ0v) is 11.3. The highest BCUT2D eigenvalue weighted by atomic mass is 16.5. The standard InChI is InChI=1S/C14H27NO2/c1-3-17-14(16)7-5-4-6-10-15-13-9-8-12(2)11-13/h12-13,15H,3-11H2,1-2H3. The molecule has 100 valence electrons. The zero-order chi connectivity index (χ0) is 12.5. The largest absolute Gasteiger partial charge is 0.466 e. The molecule has 0 saturated heterocycles. The summed E-state index contributed by atoms with van der Waals surface area (Å²) in [5, 5.41) is 3.61. The van der Waals surface area contributed by atoms with E-state index in [1.54, 1.807) is 0 Å². The summed E-state index contributed by atoms with van der Waals surface area (Å²) in [6, 6.07) is 0.745. The molecule has 0 bridgehead atoms. The second-order valence-corrected chi connectivity index (χ2v) is 5.18. The first-order valence-corrected chi connectivity index (χ1v) is 7.11. The summed E-state index contributed by atoms with van der Waals surface area (Å²) in [6.07, 6.45) is 7.88. The van der Waals surface area contributed by atoms with Crippen molar-refractivity contribution in [3.8, 4) is 0 Å². The van der Waals surface area contributed by atoms with Gasteiger partial charge in [-0.05, 0) is 51.5 Å². The van der Waals surface area contributed by atoms with Crippen molar-refractivity contribution in [1.82, 2.24) is 5.32 Å². The number of rotatable bonds is 8. The van der Waals surface area contributed by atoms with Crippen molar-refractivity contribution < 1.29 is 9.53 Å². The van der Waals surface area contributed by atoms with E-state index in [1.807, 2.05) is 6.92 Å². The molecular formula is C14H27NO2. The number of esters is 1. The number of hydrogen-bond donors (Lipinski definition) is 1. The van der Waals surface area contributed by atoms with Gasteiger partial charge in [0.1, 0.15) is 0 Å². The second kappa shape index (κ2) is 8.51. The number of hydrogen-bond acceptors (Lipinski definition) is 3. The minimum atomic E-state index is -0.0509. The van der Waals surface area contributed by atoms with Crippen molar-refractivity contribution in [1.29, 1.82) is 0 Å². The lowest BCUT2D eigenvalue weighted by Crippen LogP contribution is -2.27. The summed E-state index contributed by atoms with van der Waals surface area (Å²) < 4.78 is 4.89. The SMILES string of the molecule is CCOC(=O)CCCCCNC1CCC(C)C1. The molecule has 0 aliphatic heterocycles. The Morgan fingerprint density at radius 1 is 1.29 bits per heavy atom. The molecule has 3 heteroatoms. The zero-order valence-electron chi connectivity index (χ0n) is 11.3. The molecule has 0 radical (unpaired) electrons. The third-order valence-electron chi connectivity index (χ3n) is 3.49. The van der Waals surface area contributed by atoms with Crippen LogP contribution in [-0.4, -0.2) is 25.2 Å². The van der Waals surface area contributed by atoms with Gasteiger partial charge in [0.05, 0.1) is 6.61 Å². The fourth-order valence-electron chi connectivity index (χ4n) is 2.50. The van der Waals surface area contributed by atoms with Gasteiger partial charge in [0.25, 0.3) is 0 Å². The van der Waals surface area contributed by atoms with Crippen LogP contribution in [0.2, 0.25) is 0 Å². The first-order valence-electron chi connectivity index (χ1n) is 7.11. The number of unbranched alkanes of at least 4 members (excludes halogenated alkanes) is 2. The van der Waals surface area contributed by atoms with E-state index in [1.165, 1.54) is 25.7 Å². The molecule has 1 saturated carbocycles. The molecule has 1 fully saturated rings. The van der Waals surface area contributed by atoms with Crippen LogP contribution >= 0.6 is 0 Å². The van der Waals surface area contributed by atoms with Crippen LogP contribution in [-0.2, 0) is 9.53 Å². The molecule has 2 unspecified atom stereocenters. The molecule has 1 aliphatic carbocycles. The van der Waals surface area contributed by atoms with E-state index in [-0.39, 0.29) is 5.97 Å². The lowest BCUT2D eigenvalue weighted by atomic mass is 10.1. The van der Waals surface area contributed by atoms with E-state index in [0.29, 0.717) is 13.0 Å². The lowest BCUT2D eigenvalue weighted by molar-refractivity contribution is -0.143. The summed E-state index contributed by atoms with van der Waals surface area (Å²) >= 11 is 0. The maximum absolute atomic E-state index is 11.1. The molecule has 17 heavy (non-hydrogen) atoms. The van der Waals surface area contributed by atoms with E-state index in [4.69, 9.17) is 4.74 Å². The van der Waals surface area contributed by atoms with Crippen LogP contribution in [0.1, 0.15) is 58.8 Å². The van der Waals surface area contributed by atoms with Crippen LogP contribution in [0.4, 0.5) is 0 Å². The maximum atomic E-state index is 11.1. The molecule has 0 aromatic carbocycles. The predicted octanol–water partition coefficient (Wildman–Crippen LogP) is 2.89. The van der Waals surface area contributed by atoms with Crippen molar-refractivity contribution in [2.75, 3.05) is 13.2 Å². The monoisotopic (exact) mass is 241 g/mol. The fraction of sp³-hybridized carbons (Fsp3) is 0.929. The normalized spacial score (nSPS) is 23.9. The number of nitrogens with one attached hydrogen (secondary N) is 1. The van der Waals surface area contributed by atoms with Gasteiger partial charge in [-0.15, -0.1) is 0 Å². The van der Waals surface area contributed by atoms with Gasteiger partial charge < -0.3 is 10.1 Å². The molecule has 1 N–H and O–H groups in total. The highest BCUT2D eigenvalue weighted by Crippen LogP contribution is 2.24. The third-order valence-corrected chi connectivity index (χ3v) is 3.49. The van der Waals surface area contributed by atoms with Crippen molar-refractivity contribution in [3.05, 3.63) is 0 Å². The third kappa shape index (κ3) is 6.67. The average molecular weight is 241 g/mol. The van der Waals surface area contributed by atoms with Gasteiger partial charge in [-0.1, -0.05) is 13.3 Å². The fourth-order valence-corrected chi connectivity index (χ4v) is 2.50. The van der Waals surface area contributed by atoms with Crippen LogP contribution in [0.15, 0.2) is 0 Å². The van der Waals surface area contributed by atoms with Crippen LogP contribution in [0, 0.1) is 5.92 Å². The smallest absolute Gasteiger partial charge is 0.305 e. The Morgan fingerprint density at radius 3 is 2.76 bits per heavy atom. The Morgan fingerprint density at radius 2 is 2.12 bits per heavy atom. The molecular weight excluding hydrogens is 214 g/mol. The Balaban J connectivity index is 1.86. The van der Waals surface area contributed by atoms with Gasteiger partial charge in [0, 0.05) is 12.5 Å². The molecule has 2 atom stereocenters. The number of carbonyl (C=O) groups is 1. The summed E-state index contributed by atoms with van der Waals surface area (Å²) in [4.78, 5) is 11.1. The van der Waals surface area contributed by atoms with Crippen molar-refractivity contribution >= 4 is 5.97 Å². The van der Waals surface area contributed by atoms with Gasteiger partial charge in [0.2, 0.25) is 0 Å². The summed E-state index contributed by atoms with van der Waals surface area (Å²) in [5.74, 6) is 0.849. The first kappa shape index (κ1) is 14.5. The van der Waals surface area contributed by atoms with Crippen molar-refractivity contribution in [3.63, 3.8) is 0 Å². The molecule has 0 heterocycles. The minimum Gasteiger partial charge on any atom is -0.466 e. The molecule has 3 nitrogen and oxygen atoms in total. The molecule has 1 aliphatic rings.